The fourth-order valence-electron chi connectivity index (χ4n) is 3.77. The van der Waals surface area contributed by atoms with Crippen LogP contribution in [0.5, 0.6) is 0 Å². The average molecular weight is 237 g/mol. The van der Waals surface area contributed by atoms with Gasteiger partial charge in [0, 0.05) is 6.04 Å². The molecule has 18 heavy (non-hydrogen) atoms. The van der Waals surface area contributed by atoms with E-state index in [1.54, 1.807) is 11.1 Å². The van der Waals surface area contributed by atoms with Crippen molar-refractivity contribution >= 4 is 10.8 Å². The predicted octanol–water partition coefficient (Wildman–Crippen LogP) is 3.92. The fraction of sp³-hybridized carbons (Fsp3) is 0.412. The molecule has 92 valence electrons. The molecule has 0 radical (unpaired) electrons. The van der Waals surface area contributed by atoms with Crippen LogP contribution >= 0.6 is 0 Å². The van der Waals surface area contributed by atoms with Crippen molar-refractivity contribution in [1.82, 2.24) is 4.90 Å². The van der Waals surface area contributed by atoms with E-state index in [0.717, 1.165) is 0 Å². The van der Waals surface area contributed by atoms with Gasteiger partial charge in [0.2, 0.25) is 0 Å². The quantitative estimate of drug-likeness (QED) is 0.726. The molecular weight excluding hydrogens is 218 g/mol. The summed E-state index contributed by atoms with van der Waals surface area (Å²) in [6.07, 6.45) is 5.39. The SMILES string of the molecule is c1cc2c3c(cccc3c1)[C@@H](N1CCCCC1)C2. The molecule has 4 rings (SSSR count). The van der Waals surface area contributed by atoms with E-state index < -0.39 is 0 Å². The number of hydrogen-bond donors (Lipinski definition) is 0. The summed E-state index contributed by atoms with van der Waals surface area (Å²) in [6.45, 7) is 2.57. The smallest absolute Gasteiger partial charge is 0.0394 e. The minimum Gasteiger partial charge on any atom is -0.296 e. The van der Waals surface area contributed by atoms with Crippen molar-refractivity contribution < 1.29 is 0 Å². The van der Waals surface area contributed by atoms with Gasteiger partial charge in [-0.2, -0.15) is 0 Å². The summed E-state index contributed by atoms with van der Waals surface area (Å²) in [6, 6.07) is 14.2. The van der Waals surface area contributed by atoms with Crippen molar-refractivity contribution in [2.75, 3.05) is 13.1 Å². The maximum Gasteiger partial charge on any atom is 0.0394 e. The second-order valence-corrected chi connectivity index (χ2v) is 5.68. The molecule has 0 saturated carbocycles. The zero-order valence-corrected chi connectivity index (χ0v) is 10.7. The molecule has 1 nitrogen and oxygen atoms in total. The molecule has 0 amide bonds. The Bertz CT molecular complexity index is 576. The normalized spacial score (nSPS) is 23.7. The van der Waals surface area contributed by atoms with E-state index in [9.17, 15) is 0 Å². The number of likely N-dealkylation sites (tertiary alicyclic amines) is 1. The molecule has 0 spiro atoms. The molecule has 0 aromatic heterocycles. The Balaban J connectivity index is 1.80. The van der Waals surface area contributed by atoms with Gasteiger partial charge in [0.05, 0.1) is 0 Å². The van der Waals surface area contributed by atoms with Crippen molar-refractivity contribution in [1.29, 1.82) is 0 Å². The van der Waals surface area contributed by atoms with Crippen molar-refractivity contribution in [3.05, 3.63) is 47.5 Å². The van der Waals surface area contributed by atoms with E-state index in [2.05, 4.69) is 41.3 Å². The summed E-state index contributed by atoms with van der Waals surface area (Å²) in [5.41, 5.74) is 3.13. The number of piperidine rings is 1. The first kappa shape index (κ1) is 10.6. The monoisotopic (exact) mass is 237 g/mol. The van der Waals surface area contributed by atoms with Crippen molar-refractivity contribution in [3.63, 3.8) is 0 Å². The van der Waals surface area contributed by atoms with E-state index in [4.69, 9.17) is 0 Å². The van der Waals surface area contributed by atoms with Gasteiger partial charge in [0.25, 0.3) is 0 Å². The van der Waals surface area contributed by atoms with Crippen LogP contribution in [0.2, 0.25) is 0 Å². The average Bonchev–Trinajstić information content (AvgIpc) is 2.82. The van der Waals surface area contributed by atoms with Gasteiger partial charge in [-0.3, -0.25) is 4.90 Å². The highest BCUT2D eigenvalue weighted by molar-refractivity contribution is 5.91. The van der Waals surface area contributed by atoms with Gasteiger partial charge >= 0.3 is 0 Å². The molecule has 1 saturated heterocycles. The van der Waals surface area contributed by atoms with E-state index in [-0.39, 0.29) is 0 Å². The van der Waals surface area contributed by atoms with Crippen molar-refractivity contribution in [2.45, 2.75) is 31.7 Å². The Morgan fingerprint density at radius 3 is 2.50 bits per heavy atom. The molecule has 0 N–H and O–H groups in total. The highest BCUT2D eigenvalue weighted by Crippen LogP contribution is 2.40. The molecule has 1 fully saturated rings. The Morgan fingerprint density at radius 1 is 0.889 bits per heavy atom. The number of rotatable bonds is 1. The minimum atomic E-state index is 0.645. The number of benzene rings is 2. The van der Waals surface area contributed by atoms with Gasteiger partial charge in [0.15, 0.2) is 0 Å². The second kappa shape index (κ2) is 4.10. The molecule has 2 aliphatic rings. The van der Waals surface area contributed by atoms with E-state index in [1.807, 2.05) is 0 Å². The van der Waals surface area contributed by atoms with Crippen LogP contribution in [0.4, 0.5) is 0 Å². The third-order valence-corrected chi connectivity index (χ3v) is 4.63. The fourth-order valence-corrected chi connectivity index (χ4v) is 3.77. The highest BCUT2D eigenvalue weighted by atomic mass is 15.2. The summed E-state index contributed by atoms with van der Waals surface area (Å²) >= 11 is 0. The summed E-state index contributed by atoms with van der Waals surface area (Å²) < 4.78 is 0. The zero-order chi connectivity index (χ0) is 11.9. The Morgan fingerprint density at radius 2 is 1.67 bits per heavy atom. The standard InChI is InChI=1S/C17H19N/c1-2-10-18(11-3-1)16-12-14-8-4-6-13-7-5-9-15(16)17(13)14/h4-9,16H,1-3,10-12H2/t16-/m0/s1. The van der Waals surface area contributed by atoms with Crippen LogP contribution in [-0.2, 0) is 6.42 Å². The molecule has 0 unspecified atom stereocenters. The van der Waals surface area contributed by atoms with E-state index in [0.29, 0.717) is 6.04 Å². The maximum absolute atomic E-state index is 2.71. The van der Waals surface area contributed by atoms with Gasteiger partial charge in [-0.15, -0.1) is 0 Å². The lowest BCUT2D eigenvalue weighted by atomic mass is 10.0. The Kier molecular flexibility index (Phi) is 2.41. The minimum absolute atomic E-state index is 0.645. The molecule has 1 heterocycles. The Labute approximate surface area is 108 Å². The number of hydrogen-bond acceptors (Lipinski definition) is 1. The first-order chi connectivity index (χ1) is 8.93. The molecule has 0 bridgehead atoms. The molecule has 2 aromatic rings. The lowest BCUT2D eigenvalue weighted by Crippen LogP contribution is -2.33. The van der Waals surface area contributed by atoms with E-state index in [1.165, 1.54) is 49.5 Å². The van der Waals surface area contributed by atoms with Crippen LogP contribution in [0.15, 0.2) is 36.4 Å². The van der Waals surface area contributed by atoms with Crippen LogP contribution in [0, 0.1) is 0 Å². The topological polar surface area (TPSA) is 3.24 Å². The van der Waals surface area contributed by atoms with Crippen LogP contribution < -0.4 is 0 Å². The van der Waals surface area contributed by atoms with Gasteiger partial charge in [0.1, 0.15) is 0 Å². The summed E-state index contributed by atoms with van der Waals surface area (Å²) in [7, 11) is 0. The lowest BCUT2D eigenvalue weighted by Gasteiger charge is -2.32. The van der Waals surface area contributed by atoms with Gasteiger partial charge in [-0.25, -0.2) is 0 Å². The summed E-state index contributed by atoms with van der Waals surface area (Å²) in [5, 5.41) is 2.96. The Hall–Kier alpha value is -1.34. The van der Waals surface area contributed by atoms with E-state index >= 15 is 0 Å². The van der Waals surface area contributed by atoms with Gasteiger partial charge < -0.3 is 0 Å². The maximum atomic E-state index is 2.71. The molecule has 1 aliphatic carbocycles. The molecule has 2 aromatic carbocycles. The molecule has 1 aliphatic heterocycles. The summed E-state index contributed by atoms with van der Waals surface area (Å²) in [4.78, 5) is 2.71. The number of nitrogens with zero attached hydrogens (tertiary/aromatic N) is 1. The van der Waals surface area contributed by atoms with Crippen LogP contribution in [-0.4, -0.2) is 18.0 Å². The lowest BCUT2D eigenvalue weighted by molar-refractivity contribution is 0.166. The third kappa shape index (κ3) is 1.50. The largest absolute Gasteiger partial charge is 0.296 e. The highest BCUT2D eigenvalue weighted by Gasteiger charge is 2.29. The second-order valence-electron chi connectivity index (χ2n) is 5.68. The molecule has 1 atom stereocenters. The van der Waals surface area contributed by atoms with Gasteiger partial charge in [-0.1, -0.05) is 42.8 Å². The molecule has 1 heteroatoms. The summed E-state index contributed by atoms with van der Waals surface area (Å²) in [5.74, 6) is 0. The first-order valence-electron chi connectivity index (χ1n) is 7.18. The van der Waals surface area contributed by atoms with Crippen molar-refractivity contribution in [3.8, 4) is 0 Å². The molecular formula is C17H19N. The third-order valence-electron chi connectivity index (χ3n) is 4.63. The predicted molar refractivity (Wildman–Crippen MR) is 75.8 cm³/mol. The van der Waals surface area contributed by atoms with Crippen molar-refractivity contribution in [2.24, 2.45) is 0 Å². The van der Waals surface area contributed by atoms with Gasteiger partial charge in [-0.05, 0) is 54.3 Å². The first-order valence-corrected chi connectivity index (χ1v) is 7.18. The van der Waals surface area contributed by atoms with Crippen LogP contribution in [0.1, 0.15) is 36.4 Å². The van der Waals surface area contributed by atoms with Crippen LogP contribution in [0.3, 0.4) is 0 Å². The zero-order valence-electron chi connectivity index (χ0n) is 10.7. The van der Waals surface area contributed by atoms with Crippen LogP contribution in [0.25, 0.3) is 10.8 Å².